The molecule has 1 amide bonds. The van der Waals surface area contributed by atoms with Crippen molar-refractivity contribution in [1.29, 1.82) is 0 Å². The van der Waals surface area contributed by atoms with E-state index in [1.807, 2.05) is 48.5 Å². The molecule has 7 heteroatoms. The third kappa shape index (κ3) is 3.51. The second-order valence-corrected chi connectivity index (χ2v) is 6.11. The summed E-state index contributed by atoms with van der Waals surface area (Å²) in [5, 5.41) is 16.5. The minimum absolute atomic E-state index is 0.0295. The summed E-state index contributed by atoms with van der Waals surface area (Å²) in [6.07, 6.45) is 2.95. The smallest absolute Gasteiger partial charge is 0.263 e. The number of carbonyl (C=O) groups excluding carboxylic acids is 1. The Bertz CT molecular complexity index is 947. The maximum absolute atomic E-state index is 12.2. The summed E-state index contributed by atoms with van der Waals surface area (Å²) >= 11 is 0. The van der Waals surface area contributed by atoms with E-state index >= 15 is 0 Å². The molecule has 0 radical (unpaired) electrons. The van der Waals surface area contributed by atoms with E-state index in [9.17, 15) is 4.79 Å². The minimum Gasteiger partial charge on any atom is -0.271 e. The van der Waals surface area contributed by atoms with Gasteiger partial charge in [-0.25, -0.2) is 5.43 Å². The van der Waals surface area contributed by atoms with E-state index in [0.717, 1.165) is 36.1 Å². The molecule has 1 N–H and O–H groups in total. The first-order chi connectivity index (χ1) is 12.8. The molecule has 0 fully saturated rings. The van der Waals surface area contributed by atoms with Crippen LogP contribution in [0, 0.1) is 0 Å². The largest absolute Gasteiger partial charge is 0.271 e. The molecule has 0 saturated heterocycles. The Morgan fingerprint density at radius 1 is 1.08 bits per heavy atom. The van der Waals surface area contributed by atoms with E-state index in [1.165, 1.54) is 10.4 Å². The first kappa shape index (κ1) is 16.1. The van der Waals surface area contributed by atoms with Gasteiger partial charge in [0.15, 0.2) is 0 Å². The highest BCUT2D eigenvalue weighted by Crippen LogP contribution is 2.21. The standard InChI is InChI=1S/C19H18N6O/c26-18(13-25-23-19(22-24-25)15-8-2-1-3-9-15)21-20-17-12-6-10-14-7-4-5-11-16(14)17/h1-5,7-9,11H,6,10,12-13H2,(H,21,26)/b20-17-. The first-order valence-corrected chi connectivity index (χ1v) is 8.56. The quantitative estimate of drug-likeness (QED) is 0.734. The van der Waals surface area contributed by atoms with Crippen molar-refractivity contribution in [2.24, 2.45) is 5.10 Å². The number of nitrogens with zero attached hydrogens (tertiary/aromatic N) is 5. The van der Waals surface area contributed by atoms with E-state index < -0.39 is 0 Å². The maximum Gasteiger partial charge on any atom is 0.263 e. The number of nitrogens with one attached hydrogen (secondary N) is 1. The number of carbonyl (C=O) groups is 1. The third-order valence-corrected chi connectivity index (χ3v) is 4.27. The van der Waals surface area contributed by atoms with Crippen molar-refractivity contribution in [1.82, 2.24) is 25.6 Å². The lowest BCUT2D eigenvalue weighted by molar-refractivity contribution is -0.122. The van der Waals surface area contributed by atoms with Gasteiger partial charge in [-0.2, -0.15) is 9.90 Å². The van der Waals surface area contributed by atoms with Gasteiger partial charge in [0.05, 0.1) is 5.71 Å². The highest BCUT2D eigenvalue weighted by molar-refractivity contribution is 6.03. The van der Waals surface area contributed by atoms with Gasteiger partial charge < -0.3 is 0 Å². The summed E-state index contributed by atoms with van der Waals surface area (Å²) in [6.45, 7) is -0.0295. The van der Waals surface area contributed by atoms with Crippen molar-refractivity contribution in [3.8, 4) is 11.4 Å². The molecule has 4 rings (SSSR count). The molecule has 0 atom stereocenters. The highest BCUT2D eigenvalue weighted by atomic mass is 16.2. The molecule has 7 nitrogen and oxygen atoms in total. The van der Waals surface area contributed by atoms with Crippen molar-refractivity contribution < 1.29 is 4.79 Å². The molecule has 3 aromatic rings. The van der Waals surface area contributed by atoms with Crippen LogP contribution in [0.1, 0.15) is 24.0 Å². The van der Waals surface area contributed by atoms with Crippen LogP contribution >= 0.6 is 0 Å². The van der Waals surface area contributed by atoms with Crippen molar-refractivity contribution >= 4 is 11.6 Å². The molecule has 1 aromatic heterocycles. The van der Waals surface area contributed by atoms with Gasteiger partial charge in [0.1, 0.15) is 6.54 Å². The SMILES string of the molecule is O=C(Cn1nnc(-c2ccccc2)n1)N/N=C1/CCCc2ccccc21. The second-order valence-electron chi connectivity index (χ2n) is 6.11. The molecule has 1 aliphatic rings. The number of tetrazole rings is 1. The van der Waals surface area contributed by atoms with E-state index in [2.05, 4.69) is 32.0 Å². The summed E-state index contributed by atoms with van der Waals surface area (Å²) in [4.78, 5) is 13.4. The zero-order valence-electron chi connectivity index (χ0n) is 14.2. The summed E-state index contributed by atoms with van der Waals surface area (Å²) in [5.74, 6) is 0.212. The molecular formula is C19H18N6O. The number of amides is 1. The Kier molecular flexibility index (Phi) is 4.51. The topological polar surface area (TPSA) is 85.1 Å². The highest BCUT2D eigenvalue weighted by Gasteiger charge is 2.15. The second kappa shape index (κ2) is 7.26. The number of hydrogen-bond donors (Lipinski definition) is 1. The van der Waals surface area contributed by atoms with Crippen molar-refractivity contribution in [2.45, 2.75) is 25.8 Å². The normalized spacial score (nSPS) is 14.8. The Balaban J connectivity index is 1.42. The molecule has 0 spiro atoms. The number of fused-ring (bicyclic) bond motifs is 1. The van der Waals surface area contributed by atoms with Crippen LogP contribution in [-0.4, -0.2) is 31.8 Å². The van der Waals surface area contributed by atoms with Gasteiger partial charge in [0.2, 0.25) is 5.82 Å². The van der Waals surface area contributed by atoms with E-state index in [0.29, 0.717) is 5.82 Å². The van der Waals surface area contributed by atoms with Gasteiger partial charge in [0.25, 0.3) is 5.91 Å². The predicted octanol–water partition coefficient (Wildman–Crippen LogP) is 2.20. The number of aromatic nitrogens is 4. The van der Waals surface area contributed by atoms with Crippen LogP contribution < -0.4 is 5.43 Å². The number of aryl methyl sites for hydroxylation is 1. The third-order valence-electron chi connectivity index (χ3n) is 4.27. The lowest BCUT2D eigenvalue weighted by Gasteiger charge is -2.17. The average molecular weight is 346 g/mol. The van der Waals surface area contributed by atoms with Crippen LogP contribution in [0.4, 0.5) is 0 Å². The van der Waals surface area contributed by atoms with Gasteiger partial charge in [-0.05, 0) is 30.0 Å². The van der Waals surface area contributed by atoms with Crippen LogP contribution in [-0.2, 0) is 17.8 Å². The van der Waals surface area contributed by atoms with Gasteiger partial charge in [-0.1, -0.05) is 54.6 Å². The number of hydrazone groups is 1. The fourth-order valence-electron chi connectivity index (χ4n) is 3.02. The number of benzene rings is 2. The predicted molar refractivity (Wildman–Crippen MR) is 97.3 cm³/mol. The molecule has 130 valence electrons. The molecule has 1 aliphatic carbocycles. The zero-order valence-corrected chi connectivity index (χ0v) is 14.2. The molecule has 0 bridgehead atoms. The first-order valence-electron chi connectivity index (χ1n) is 8.56. The Morgan fingerprint density at radius 3 is 2.77 bits per heavy atom. The summed E-state index contributed by atoms with van der Waals surface area (Å²) in [5.41, 5.74) is 6.77. The summed E-state index contributed by atoms with van der Waals surface area (Å²) < 4.78 is 0. The molecule has 1 heterocycles. The van der Waals surface area contributed by atoms with Gasteiger partial charge in [-0.15, -0.1) is 10.2 Å². The number of rotatable bonds is 4. The van der Waals surface area contributed by atoms with E-state index in [1.54, 1.807) is 0 Å². The fourth-order valence-corrected chi connectivity index (χ4v) is 3.02. The maximum atomic E-state index is 12.2. The zero-order chi connectivity index (χ0) is 17.8. The molecule has 2 aromatic carbocycles. The molecule has 0 aliphatic heterocycles. The molecule has 0 saturated carbocycles. The number of hydrogen-bond acceptors (Lipinski definition) is 5. The van der Waals surface area contributed by atoms with Crippen LogP contribution in [0.2, 0.25) is 0 Å². The Morgan fingerprint density at radius 2 is 1.88 bits per heavy atom. The van der Waals surface area contributed by atoms with Crippen LogP contribution in [0.25, 0.3) is 11.4 Å². The fraction of sp³-hybridized carbons (Fsp3) is 0.211. The van der Waals surface area contributed by atoms with Crippen molar-refractivity contribution in [2.75, 3.05) is 0 Å². The summed E-state index contributed by atoms with van der Waals surface area (Å²) in [6, 6.07) is 17.7. The van der Waals surface area contributed by atoms with Crippen molar-refractivity contribution in [3.63, 3.8) is 0 Å². The lowest BCUT2D eigenvalue weighted by atomic mass is 9.90. The molecule has 0 unspecified atom stereocenters. The van der Waals surface area contributed by atoms with E-state index in [4.69, 9.17) is 0 Å². The summed E-state index contributed by atoms with van der Waals surface area (Å²) in [7, 11) is 0. The van der Waals surface area contributed by atoms with Gasteiger partial charge >= 0.3 is 0 Å². The van der Waals surface area contributed by atoms with Gasteiger partial charge in [0, 0.05) is 11.1 Å². The Labute approximate surface area is 150 Å². The molecular weight excluding hydrogens is 328 g/mol. The van der Waals surface area contributed by atoms with E-state index in [-0.39, 0.29) is 12.5 Å². The van der Waals surface area contributed by atoms with Gasteiger partial charge in [-0.3, -0.25) is 4.79 Å². The van der Waals surface area contributed by atoms with Crippen LogP contribution in [0.15, 0.2) is 59.7 Å². The monoisotopic (exact) mass is 346 g/mol. The minimum atomic E-state index is -0.280. The average Bonchev–Trinajstić information content (AvgIpc) is 3.15. The Hall–Kier alpha value is -3.35. The van der Waals surface area contributed by atoms with Crippen LogP contribution in [0.5, 0.6) is 0 Å². The lowest BCUT2D eigenvalue weighted by Crippen LogP contribution is -2.26. The molecule has 26 heavy (non-hydrogen) atoms. The van der Waals surface area contributed by atoms with Crippen molar-refractivity contribution in [3.05, 3.63) is 65.7 Å². The van der Waals surface area contributed by atoms with Crippen LogP contribution in [0.3, 0.4) is 0 Å².